The maximum absolute atomic E-state index is 4.69. The molecular weight excluding hydrogens is 300 g/mol. The Morgan fingerprint density at radius 1 is 1.29 bits per heavy atom. The van der Waals surface area contributed by atoms with Crippen molar-refractivity contribution >= 4 is 5.65 Å². The van der Waals surface area contributed by atoms with Crippen LogP contribution >= 0.6 is 0 Å². The molecule has 0 radical (unpaired) electrons. The molecule has 3 aromatic heterocycles. The Hall–Kier alpha value is -2.34. The zero-order valence-electron chi connectivity index (χ0n) is 14.2. The molecule has 0 spiro atoms. The van der Waals surface area contributed by atoms with Gasteiger partial charge < -0.3 is 0 Å². The maximum atomic E-state index is 4.69. The molecule has 0 aromatic carbocycles. The van der Waals surface area contributed by atoms with Gasteiger partial charge in [0.05, 0.1) is 6.20 Å². The molecule has 0 amide bonds. The van der Waals surface area contributed by atoms with Gasteiger partial charge in [-0.15, -0.1) is 0 Å². The summed E-state index contributed by atoms with van der Waals surface area (Å²) in [7, 11) is 0. The average molecular weight is 322 g/mol. The predicted octanol–water partition coefficient (Wildman–Crippen LogP) is 2.52. The highest BCUT2D eigenvalue weighted by molar-refractivity contribution is 5.47. The Balaban J connectivity index is 1.55. The number of rotatable bonds is 3. The van der Waals surface area contributed by atoms with E-state index in [0.29, 0.717) is 5.92 Å². The first-order chi connectivity index (χ1) is 11.7. The lowest BCUT2D eigenvalue weighted by Gasteiger charge is -2.32. The summed E-state index contributed by atoms with van der Waals surface area (Å²) in [5, 5.41) is 4.51. The molecule has 0 bridgehead atoms. The van der Waals surface area contributed by atoms with E-state index in [0.717, 1.165) is 42.4 Å². The second-order valence-electron chi connectivity index (χ2n) is 6.65. The fourth-order valence-corrected chi connectivity index (χ4v) is 3.65. The lowest BCUT2D eigenvalue weighted by molar-refractivity contribution is 0.199. The molecule has 0 unspecified atom stereocenters. The van der Waals surface area contributed by atoms with E-state index in [1.165, 1.54) is 18.4 Å². The number of aromatic nitrogens is 5. The highest BCUT2D eigenvalue weighted by Gasteiger charge is 2.23. The van der Waals surface area contributed by atoms with E-state index < -0.39 is 0 Å². The summed E-state index contributed by atoms with van der Waals surface area (Å²) in [6.07, 6.45) is 7.83. The molecule has 0 saturated carbocycles. The molecule has 1 aliphatic heterocycles. The van der Waals surface area contributed by atoms with Crippen LogP contribution in [0.1, 0.15) is 41.4 Å². The van der Waals surface area contributed by atoms with E-state index in [4.69, 9.17) is 4.98 Å². The van der Waals surface area contributed by atoms with Crippen molar-refractivity contribution < 1.29 is 0 Å². The van der Waals surface area contributed by atoms with Crippen molar-refractivity contribution in [3.05, 3.63) is 53.5 Å². The van der Waals surface area contributed by atoms with Crippen LogP contribution in [0.2, 0.25) is 0 Å². The molecule has 3 aromatic rings. The standard InChI is InChI=1S/C18H22N6/c1-13-8-14(2)24-18(22-13)16(9-21-24)11-23-7-3-4-15(10-23)17-5-6-19-12-20-17/h5-6,8-9,12,15H,3-4,7,10-11H2,1-2H3/t15-/m0/s1. The van der Waals surface area contributed by atoms with Gasteiger partial charge in [0.2, 0.25) is 0 Å². The summed E-state index contributed by atoms with van der Waals surface area (Å²) in [6.45, 7) is 7.14. The molecule has 1 aliphatic rings. The first-order valence-corrected chi connectivity index (χ1v) is 8.50. The highest BCUT2D eigenvalue weighted by atomic mass is 15.3. The van der Waals surface area contributed by atoms with Crippen molar-refractivity contribution in [3.63, 3.8) is 0 Å². The molecule has 1 fully saturated rings. The molecule has 6 heteroatoms. The van der Waals surface area contributed by atoms with Crippen LogP contribution in [-0.4, -0.2) is 42.6 Å². The van der Waals surface area contributed by atoms with Gasteiger partial charge in [-0.3, -0.25) is 4.90 Å². The number of aryl methyl sites for hydroxylation is 2. The first kappa shape index (κ1) is 15.2. The number of likely N-dealkylation sites (tertiary alicyclic amines) is 1. The Morgan fingerprint density at radius 2 is 2.21 bits per heavy atom. The van der Waals surface area contributed by atoms with Crippen LogP contribution in [-0.2, 0) is 6.54 Å². The fraction of sp³-hybridized carbons (Fsp3) is 0.444. The van der Waals surface area contributed by atoms with E-state index >= 15 is 0 Å². The fourth-order valence-electron chi connectivity index (χ4n) is 3.65. The van der Waals surface area contributed by atoms with Crippen LogP contribution in [0.15, 0.2) is 30.9 Å². The monoisotopic (exact) mass is 322 g/mol. The SMILES string of the molecule is Cc1cc(C)n2ncc(CN3CCC[C@H](c4ccncn4)C3)c2n1. The van der Waals surface area contributed by atoms with Crippen molar-refractivity contribution in [1.82, 2.24) is 29.5 Å². The van der Waals surface area contributed by atoms with E-state index in [9.17, 15) is 0 Å². The minimum Gasteiger partial charge on any atom is -0.298 e. The second kappa shape index (κ2) is 6.28. The summed E-state index contributed by atoms with van der Waals surface area (Å²) in [5.41, 5.74) is 5.50. The number of nitrogens with zero attached hydrogens (tertiary/aromatic N) is 6. The maximum Gasteiger partial charge on any atom is 0.159 e. The number of hydrogen-bond donors (Lipinski definition) is 0. The Kier molecular flexibility index (Phi) is 3.98. The van der Waals surface area contributed by atoms with Gasteiger partial charge in [0.25, 0.3) is 0 Å². The minimum absolute atomic E-state index is 0.486. The van der Waals surface area contributed by atoms with Gasteiger partial charge in [0, 0.05) is 47.8 Å². The quantitative estimate of drug-likeness (QED) is 0.741. The molecule has 124 valence electrons. The van der Waals surface area contributed by atoms with Gasteiger partial charge in [0.15, 0.2) is 5.65 Å². The molecule has 4 heterocycles. The van der Waals surface area contributed by atoms with Gasteiger partial charge in [0.1, 0.15) is 6.33 Å². The lowest BCUT2D eigenvalue weighted by atomic mass is 9.94. The van der Waals surface area contributed by atoms with Crippen molar-refractivity contribution in [2.75, 3.05) is 13.1 Å². The molecule has 0 N–H and O–H groups in total. The van der Waals surface area contributed by atoms with Gasteiger partial charge >= 0.3 is 0 Å². The topological polar surface area (TPSA) is 59.2 Å². The molecule has 6 nitrogen and oxygen atoms in total. The van der Waals surface area contributed by atoms with Crippen LogP contribution in [0, 0.1) is 13.8 Å². The van der Waals surface area contributed by atoms with Crippen LogP contribution < -0.4 is 0 Å². The average Bonchev–Trinajstić information content (AvgIpc) is 2.99. The number of hydrogen-bond acceptors (Lipinski definition) is 5. The predicted molar refractivity (Wildman–Crippen MR) is 91.7 cm³/mol. The summed E-state index contributed by atoms with van der Waals surface area (Å²) in [4.78, 5) is 15.7. The van der Waals surface area contributed by atoms with Crippen molar-refractivity contribution in [3.8, 4) is 0 Å². The van der Waals surface area contributed by atoms with Crippen LogP contribution in [0.4, 0.5) is 0 Å². The number of fused-ring (bicyclic) bond motifs is 1. The highest BCUT2D eigenvalue weighted by Crippen LogP contribution is 2.26. The van der Waals surface area contributed by atoms with E-state index in [-0.39, 0.29) is 0 Å². The lowest BCUT2D eigenvalue weighted by Crippen LogP contribution is -2.34. The summed E-state index contributed by atoms with van der Waals surface area (Å²) < 4.78 is 1.94. The van der Waals surface area contributed by atoms with Gasteiger partial charge in [-0.1, -0.05) is 0 Å². The van der Waals surface area contributed by atoms with E-state index in [2.05, 4.69) is 33.0 Å². The van der Waals surface area contributed by atoms with Crippen LogP contribution in [0.25, 0.3) is 5.65 Å². The minimum atomic E-state index is 0.486. The Morgan fingerprint density at radius 3 is 3.04 bits per heavy atom. The first-order valence-electron chi connectivity index (χ1n) is 8.50. The van der Waals surface area contributed by atoms with Crippen molar-refractivity contribution in [2.24, 2.45) is 0 Å². The summed E-state index contributed by atoms with van der Waals surface area (Å²) in [5.74, 6) is 0.486. The zero-order chi connectivity index (χ0) is 16.5. The van der Waals surface area contributed by atoms with Crippen LogP contribution in [0.5, 0.6) is 0 Å². The van der Waals surface area contributed by atoms with Crippen molar-refractivity contribution in [1.29, 1.82) is 0 Å². The number of piperidine rings is 1. The zero-order valence-corrected chi connectivity index (χ0v) is 14.2. The van der Waals surface area contributed by atoms with Gasteiger partial charge in [-0.2, -0.15) is 5.10 Å². The van der Waals surface area contributed by atoms with Gasteiger partial charge in [-0.25, -0.2) is 19.5 Å². The smallest absolute Gasteiger partial charge is 0.159 e. The normalized spacial score (nSPS) is 19.0. The van der Waals surface area contributed by atoms with Crippen molar-refractivity contribution in [2.45, 2.75) is 39.2 Å². The molecule has 0 aliphatic carbocycles. The summed E-state index contributed by atoms with van der Waals surface area (Å²) >= 11 is 0. The Bertz CT molecular complexity index is 841. The third-order valence-electron chi connectivity index (χ3n) is 4.77. The van der Waals surface area contributed by atoms with E-state index in [1.807, 2.05) is 29.9 Å². The molecule has 24 heavy (non-hydrogen) atoms. The second-order valence-corrected chi connectivity index (χ2v) is 6.65. The van der Waals surface area contributed by atoms with E-state index in [1.54, 1.807) is 6.33 Å². The molecular formula is C18H22N6. The molecule has 1 saturated heterocycles. The third-order valence-corrected chi connectivity index (χ3v) is 4.77. The molecule has 4 rings (SSSR count). The Labute approximate surface area is 141 Å². The molecule has 1 atom stereocenters. The largest absolute Gasteiger partial charge is 0.298 e. The summed E-state index contributed by atoms with van der Waals surface area (Å²) in [6, 6.07) is 4.10. The third kappa shape index (κ3) is 2.89. The van der Waals surface area contributed by atoms with Crippen LogP contribution in [0.3, 0.4) is 0 Å². The van der Waals surface area contributed by atoms with Gasteiger partial charge in [-0.05, 0) is 45.4 Å².